The molecule has 2 aromatic rings. The minimum Gasteiger partial charge on any atom is -0.493 e. The van der Waals surface area contributed by atoms with Gasteiger partial charge in [0.1, 0.15) is 5.75 Å². The van der Waals surface area contributed by atoms with E-state index in [2.05, 4.69) is 12.2 Å². The summed E-state index contributed by atoms with van der Waals surface area (Å²) in [4.78, 5) is 14.3. The molecule has 0 aliphatic rings. The molecule has 2 rings (SSSR count). The molecular formula is C21H28N2O2. The second kappa shape index (κ2) is 9.11. The first kappa shape index (κ1) is 18.8. The SMILES string of the molecule is CCCCOc1cc(NC(=O)N(C)[C@@H](C)c2ccccc2)ccc1C. The molecule has 0 aromatic heterocycles. The number of benzene rings is 2. The number of hydrogen-bond acceptors (Lipinski definition) is 2. The van der Waals surface area contributed by atoms with Crippen LogP contribution in [0.4, 0.5) is 10.5 Å². The Morgan fingerprint density at radius 1 is 1.20 bits per heavy atom. The Labute approximate surface area is 150 Å². The average Bonchev–Trinajstić information content (AvgIpc) is 2.64. The third-order valence-electron chi connectivity index (χ3n) is 4.38. The van der Waals surface area contributed by atoms with Crippen LogP contribution < -0.4 is 10.1 Å². The van der Waals surface area contributed by atoms with Crippen molar-refractivity contribution in [2.45, 2.75) is 39.7 Å². The molecule has 0 saturated carbocycles. The number of amides is 2. The largest absolute Gasteiger partial charge is 0.493 e. The van der Waals surface area contributed by atoms with Gasteiger partial charge in [-0.25, -0.2) is 4.79 Å². The van der Waals surface area contributed by atoms with Gasteiger partial charge in [0.2, 0.25) is 0 Å². The molecule has 0 spiro atoms. The second-order valence-electron chi connectivity index (χ2n) is 6.31. The number of carbonyl (C=O) groups excluding carboxylic acids is 1. The molecule has 0 saturated heterocycles. The standard InChI is InChI=1S/C21H28N2O2/c1-5-6-14-25-20-15-19(13-12-16(20)2)22-21(24)23(4)17(3)18-10-8-7-9-11-18/h7-13,15,17H,5-6,14H2,1-4H3,(H,22,24)/t17-/m0/s1. The minimum absolute atomic E-state index is 0.00748. The summed E-state index contributed by atoms with van der Waals surface area (Å²) in [5.74, 6) is 0.824. The molecule has 1 N–H and O–H groups in total. The van der Waals surface area contributed by atoms with Gasteiger partial charge in [-0.15, -0.1) is 0 Å². The highest BCUT2D eigenvalue weighted by atomic mass is 16.5. The Hall–Kier alpha value is -2.49. The number of unbranched alkanes of at least 4 members (excludes halogenated alkanes) is 1. The van der Waals surface area contributed by atoms with E-state index in [1.54, 1.807) is 11.9 Å². The van der Waals surface area contributed by atoms with Gasteiger partial charge >= 0.3 is 6.03 Å². The molecule has 0 unspecified atom stereocenters. The summed E-state index contributed by atoms with van der Waals surface area (Å²) in [6.45, 7) is 6.86. The summed E-state index contributed by atoms with van der Waals surface area (Å²) < 4.78 is 5.81. The lowest BCUT2D eigenvalue weighted by Gasteiger charge is -2.25. The lowest BCUT2D eigenvalue weighted by Crippen LogP contribution is -2.33. The highest BCUT2D eigenvalue weighted by Gasteiger charge is 2.17. The number of anilines is 1. The molecule has 0 fully saturated rings. The van der Waals surface area contributed by atoms with Crippen LogP contribution in [0.5, 0.6) is 5.75 Å². The summed E-state index contributed by atoms with van der Waals surface area (Å²) in [6.07, 6.45) is 2.12. The predicted molar refractivity (Wildman–Crippen MR) is 103 cm³/mol. The first-order valence-electron chi connectivity index (χ1n) is 8.85. The van der Waals surface area contributed by atoms with Gasteiger partial charge in [0.15, 0.2) is 0 Å². The third-order valence-corrected chi connectivity index (χ3v) is 4.38. The van der Waals surface area contributed by atoms with Gasteiger partial charge < -0.3 is 15.0 Å². The van der Waals surface area contributed by atoms with Crippen molar-refractivity contribution in [1.82, 2.24) is 4.90 Å². The van der Waals surface area contributed by atoms with Gasteiger partial charge in [0, 0.05) is 18.8 Å². The van der Waals surface area contributed by atoms with Crippen molar-refractivity contribution in [3.63, 3.8) is 0 Å². The molecule has 0 radical (unpaired) electrons. The molecule has 0 bridgehead atoms. The normalized spacial score (nSPS) is 11.7. The summed E-state index contributed by atoms with van der Waals surface area (Å²) >= 11 is 0. The molecule has 25 heavy (non-hydrogen) atoms. The zero-order valence-electron chi connectivity index (χ0n) is 15.6. The zero-order chi connectivity index (χ0) is 18.2. The molecule has 4 heteroatoms. The molecule has 4 nitrogen and oxygen atoms in total. The molecule has 2 aromatic carbocycles. The average molecular weight is 340 g/mol. The topological polar surface area (TPSA) is 41.6 Å². The number of aryl methyl sites for hydroxylation is 1. The van der Waals surface area contributed by atoms with Gasteiger partial charge in [-0.1, -0.05) is 49.7 Å². The van der Waals surface area contributed by atoms with Crippen molar-refractivity contribution >= 4 is 11.7 Å². The van der Waals surface area contributed by atoms with E-state index in [9.17, 15) is 4.79 Å². The fourth-order valence-corrected chi connectivity index (χ4v) is 2.50. The Balaban J connectivity index is 2.03. The minimum atomic E-state index is -0.139. The van der Waals surface area contributed by atoms with E-state index in [-0.39, 0.29) is 12.1 Å². The van der Waals surface area contributed by atoms with E-state index in [0.29, 0.717) is 6.61 Å². The van der Waals surface area contributed by atoms with Crippen LogP contribution in [-0.4, -0.2) is 24.6 Å². The van der Waals surface area contributed by atoms with E-state index < -0.39 is 0 Å². The van der Waals surface area contributed by atoms with Crippen molar-refractivity contribution < 1.29 is 9.53 Å². The maximum Gasteiger partial charge on any atom is 0.322 e. The van der Waals surface area contributed by atoms with Crippen LogP contribution in [0.1, 0.15) is 43.9 Å². The van der Waals surface area contributed by atoms with E-state index in [1.807, 2.05) is 62.4 Å². The third kappa shape index (κ3) is 5.24. The fourth-order valence-electron chi connectivity index (χ4n) is 2.50. The van der Waals surface area contributed by atoms with Gasteiger partial charge in [-0.3, -0.25) is 0 Å². The number of nitrogens with one attached hydrogen (secondary N) is 1. The predicted octanol–water partition coefficient (Wildman–Crippen LogP) is 5.40. The quantitative estimate of drug-likeness (QED) is 0.686. The summed E-state index contributed by atoms with van der Waals surface area (Å²) in [5, 5.41) is 2.96. The molecule has 0 heterocycles. The van der Waals surface area contributed by atoms with Crippen molar-refractivity contribution in [2.75, 3.05) is 19.0 Å². The number of nitrogens with zero attached hydrogens (tertiary/aromatic N) is 1. The highest BCUT2D eigenvalue weighted by molar-refractivity contribution is 5.89. The molecule has 134 valence electrons. The van der Waals surface area contributed by atoms with Crippen LogP contribution in [0.3, 0.4) is 0 Å². The fraction of sp³-hybridized carbons (Fsp3) is 0.381. The lowest BCUT2D eigenvalue weighted by atomic mass is 10.1. The van der Waals surface area contributed by atoms with Crippen molar-refractivity contribution in [2.24, 2.45) is 0 Å². The monoisotopic (exact) mass is 340 g/mol. The Bertz CT molecular complexity index is 686. The number of urea groups is 1. The first-order chi connectivity index (χ1) is 12.0. The number of hydrogen-bond donors (Lipinski definition) is 1. The van der Waals surface area contributed by atoms with Crippen LogP contribution in [-0.2, 0) is 0 Å². The Kier molecular flexibility index (Phi) is 6.87. The van der Waals surface area contributed by atoms with Gasteiger partial charge in [0.25, 0.3) is 0 Å². The first-order valence-corrected chi connectivity index (χ1v) is 8.85. The number of rotatable bonds is 7. The van der Waals surface area contributed by atoms with E-state index in [0.717, 1.165) is 35.4 Å². The lowest BCUT2D eigenvalue weighted by molar-refractivity contribution is 0.208. The Morgan fingerprint density at radius 3 is 2.60 bits per heavy atom. The van der Waals surface area contributed by atoms with E-state index in [4.69, 9.17) is 4.74 Å². The van der Waals surface area contributed by atoms with Crippen LogP contribution >= 0.6 is 0 Å². The molecule has 1 atom stereocenters. The van der Waals surface area contributed by atoms with E-state index in [1.165, 1.54) is 0 Å². The molecule has 0 aliphatic heterocycles. The molecular weight excluding hydrogens is 312 g/mol. The highest BCUT2D eigenvalue weighted by Crippen LogP contribution is 2.24. The van der Waals surface area contributed by atoms with Gasteiger partial charge in [-0.2, -0.15) is 0 Å². The molecule has 0 aliphatic carbocycles. The zero-order valence-corrected chi connectivity index (χ0v) is 15.6. The number of carbonyl (C=O) groups is 1. The maximum atomic E-state index is 12.6. The Morgan fingerprint density at radius 2 is 1.92 bits per heavy atom. The number of ether oxygens (including phenoxy) is 1. The second-order valence-corrected chi connectivity index (χ2v) is 6.31. The summed E-state index contributed by atoms with van der Waals surface area (Å²) in [7, 11) is 1.81. The molecule has 2 amide bonds. The van der Waals surface area contributed by atoms with Crippen LogP contribution in [0.2, 0.25) is 0 Å². The van der Waals surface area contributed by atoms with Crippen LogP contribution in [0.25, 0.3) is 0 Å². The summed E-state index contributed by atoms with van der Waals surface area (Å²) in [6, 6.07) is 15.6. The van der Waals surface area contributed by atoms with Gasteiger partial charge in [0.05, 0.1) is 12.6 Å². The maximum absolute atomic E-state index is 12.6. The van der Waals surface area contributed by atoms with Crippen molar-refractivity contribution in [1.29, 1.82) is 0 Å². The van der Waals surface area contributed by atoms with Crippen LogP contribution in [0.15, 0.2) is 48.5 Å². The summed E-state index contributed by atoms with van der Waals surface area (Å²) in [5.41, 5.74) is 2.92. The van der Waals surface area contributed by atoms with Crippen molar-refractivity contribution in [3.05, 3.63) is 59.7 Å². The smallest absolute Gasteiger partial charge is 0.322 e. The van der Waals surface area contributed by atoms with Crippen molar-refractivity contribution in [3.8, 4) is 5.75 Å². The van der Waals surface area contributed by atoms with E-state index >= 15 is 0 Å². The van der Waals surface area contributed by atoms with Gasteiger partial charge in [-0.05, 0) is 37.5 Å². The van der Waals surface area contributed by atoms with Crippen LogP contribution in [0, 0.1) is 6.92 Å².